The number of ether oxygens (including phenoxy) is 1. The van der Waals surface area contributed by atoms with Crippen LogP contribution in [0.4, 0.5) is 29.3 Å². The summed E-state index contributed by atoms with van der Waals surface area (Å²) in [5.41, 5.74) is -0.426. The highest BCUT2D eigenvalue weighted by molar-refractivity contribution is 9.10. The maximum absolute atomic E-state index is 13.7. The van der Waals surface area contributed by atoms with Crippen molar-refractivity contribution in [3.63, 3.8) is 0 Å². The second-order valence-electron chi connectivity index (χ2n) is 8.63. The number of halogens is 4. The summed E-state index contributed by atoms with van der Waals surface area (Å²) in [5, 5.41) is 6.69. The van der Waals surface area contributed by atoms with E-state index in [-0.39, 0.29) is 25.0 Å². The van der Waals surface area contributed by atoms with Crippen LogP contribution in [0.15, 0.2) is 53.3 Å². The van der Waals surface area contributed by atoms with E-state index in [9.17, 15) is 18.0 Å². The van der Waals surface area contributed by atoms with Gasteiger partial charge in [-0.15, -0.1) is 0 Å². The van der Waals surface area contributed by atoms with Crippen LogP contribution in [0.2, 0.25) is 0 Å². The van der Waals surface area contributed by atoms with Crippen molar-refractivity contribution in [1.82, 2.24) is 9.88 Å². The van der Waals surface area contributed by atoms with E-state index in [1.165, 1.54) is 18.6 Å². The van der Waals surface area contributed by atoms with Crippen LogP contribution in [0.25, 0.3) is 10.8 Å². The number of nitrogens with one attached hydrogen (secondary N) is 2. The van der Waals surface area contributed by atoms with Crippen molar-refractivity contribution in [2.45, 2.75) is 52.8 Å². The summed E-state index contributed by atoms with van der Waals surface area (Å²) >= 11 is 3.45. The Morgan fingerprint density at radius 3 is 2.43 bits per heavy atom. The fourth-order valence-corrected chi connectivity index (χ4v) is 4.24. The van der Waals surface area contributed by atoms with Crippen LogP contribution in [0.5, 0.6) is 5.75 Å². The number of anilines is 2. The van der Waals surface area contributed by atoms with Crippen LogP contribution in [-0.2, 0) is 6.18 Å². The van der Waals surface area contributed by atoms with E-state index in [4.69, 9.17) is 4.74 Å². The number of piperidine rings is 1. The van der Waals surface area contributed by atoms with E-state index < -0.39 is 17.8 Å². The number of aromatic nitrogens is 1. The number of alkyl halides is 3. The standard InChI is InChI=1S/C23H22BrF3N4O2.C3H8.CH4/c1-31-10-7-15(8-11-31)33-21-5-2-14(12-18(21)23(25,26)27)29-22(32)30-20-4-3-19(24)16-6-9-28-13-17(16)20;1-3-2;/h2-6,9,12-13,15H,7-8,10-11H2,1H3,(H2,29,30,32);3H2,1-2H3;1H4. The number of rotatable bonds is 4. The number of carbonyl (C=O) groups is 1. The van der Waals surface area contributed by atoms with E-state index >= 15 is 0 Å². The predicted molar refractivity (Wildman–Crippen MR) is 147 cm³/mol. The first-order chi connectivity index (χ1) is 17.1. The number of carbonyl (C=O) groups excluding carboxylic acids is 1. The molecule has 0 spiro atoms. The van der Waals surface area contributed by atoms with Gasteiger partial charge in [-0.1, -0.05) is 43.6 Å². The Kier molecular flexibility index (Phi) is 11.2. The van der Waals surface area contributed by atoms with Gasteiger partial charge in [-0.3, -0.25) is 4.98 Å². The Morgan fingerprint density at radius 2 is 1.78 bits per heavy atom. The smallest absolute Gasteiger partial charge is 0.420 e. The van der Waals surface area contributed by atoms with Gasteiger partial charge in [-0.25, -0.2) is 4.79 Å². The van der Waals surface area contributed by atoms with Crippen LogP contribution in [0, 0.1) is 0 Å². The first-order valence-electron chi connectivity index (χ1n) is 11.8. The van der Waals surface area contributed by atoms with Crippen molar-refractivity contribution < 1.29 is 22.7 Å². The summed E-state index contributed by atoms with van der Waals surface area (Å²) in [4.78, 5) is 18.7. The van der Waals surface area contributed by atoms with E-state index in [0.717, 1.165) is 29.0 Å². The van der Waals surface area contributed by atoms with E-state index in [1.54, 1.807) is 30.6 Å². The third-order valence-electron chi connectivity index (χ3n) is 5.52. The zero-order chi connectivity index (χ0) is 26.3. The van der Waals surface area contributed by atoms with Gasteiger partial charge in [0, 0.05) is 46.4 Å². The summed E-state index contributed by atoms with van der Waals surface area (Å²) in [6.45, 7) is 5.79. The number of hydrogen-bond donors (Lipinski definition) is 2. The molecule has 2 heterocycles. The number of likely N-dealkylation sites (tertiary alicyclic amines) is 1. The zero-order valence-corrected chi connectivity index (χ0v) is 22.0. The molecule has 0 radical (unpaired) electrons. The molecule has 0 bridgehead atoms. The average Bonchev–Trinajstić information content (AvgIpc) is 2.83. The molecule has 37 heavy (non-hydrogen) atoms. The Hall–Kier alpha value is -2.85. The fourth-order valence-electron chi connectivity index (χ4n) is 3.76. The predicted octanol–water partition coefficient (Wildman–Crippen LogP) is 8.19. The first-order valence-corrected chi connectivity index (χ1v) is 12.6. The number of nitrogens with zero attached hydrogens (tertiary/aromatic N) is 2. The number of urea groups is 1. The average molecular weight is 583 g/mol. The quantitative estimate of drug-likeness (QED) is 0.325. The van der Waals surface area contributed by atoms with Crippen LogP contribution < -0.4 is 15.4 Å². The molecule has 1 aliphatic heterocycles. The molecule has 2 aromatic carbocycles. The third kappa shape index (κ3) is 8.33. The van der Waals surface area contributed by atoms with Gasteiger partial charge in [0.1, 0.15) is 11.9 Å². The number of pyridine rings is 1. The van der Waals surface area contributed by atoms with Gasteiger partial charge in [-0.05, 0) is 56.3 Å². The molecule has 2 N–H and O–H groups in total. The summed E-state index contributed by atoms with van der Waals surface area (Å²) in [5.74, 6) is -0.229. The number of hydrogen-bond acceptors (Lipinski definition) is 4. The minimum atomic E-state index is -4.62. The summed E-state index contributed by atoms with van der Waals surface area (Å²) < 4.78 is 47.7. The monoisotopic (exact) mass is 582 g/mol. The van der Waals surface area contributed by atoms with Crippen molar-refractivity contribution in [2.24, 2.45) is 0 Å². The number of benzene rings is 2. The van der Waals surface area contributed by atoms with Gasteiger partial charge in [0.15, 0.2) is 0 Å². The highest BCUT2D eigenvalue weighted by Crippen LogP contribution is 2.39. The Balaban J connectivity index is 0.00000115. The second-order valence-corrected chi connectivity index (χ2v) is 9.49. The van der Waals surface area contributed by atoms with Crippen LogP contribution >= 0.6 is 15.9 Å². The van der Waals surface area contributed by atoms with Gasteiger partial charge in [0.05, 0.1) is 11.3 Å². The molecule has 0 atom stereocenters. The van der Waals surface area contributed by atoms with Gasteiger partial charge in [0.25, 0.3) is 0 Å². The molecular weight excluding hydrogens is 549 g/mol. The molecule has 0 unspecified atom stereocenters. The van der Waals surface area contributed by atoms with Crippen molar-refractivity contribution in [3.8, 4) is 5.75 Å². The number of fused-ring (bicyclic) bond motifs is 1. The normalized spacial score (nSPS) is 14.2. The summed E-state index contributed by atoms with van der Waals surface area (Å²) in [6, 6.07) is 8.14. The zero-order valence-electron chi connectivity index (χ0n) is 20.5. The lowest BCUT2D eigenvalue weighted by Gasteiger charge is -2.30. The van der Waals surface area contributed by atoms with Crippen molar-refractivity contribution in [3.05, 3.63) is 58.8 Å². The molecule has 6 nitrogen and oxygen atoms in total. The molecule has 202 valence electrons. The minimum Gasteiger partial charge on any atom is -0.490 e. The van der Waals surface area contributed by atoms with Crippen LogP contribution in [-0.4, -0.2) is 42.2 Å². The minimum absolute atomic E-state index is 0. The molecular formula is C27H34BrF3N4O2. The van der Waals surface area contributed by atoms with Crippen LogP contribution in [0.1, 0.15) is 46.1 Å². The third-order valence-corrected chi connectivity index (χ3v) is 6.21. The van der Waals surface area contributed by atoms with E-state index in [1.807, 2.05) is 7.05 Å². The largest absolute Gasteiger partial charge is 0.490 e. The van der Waals surface area contributed by atoms with Crippen molar-refractivity contribution in [2.75, 3.05) is 30.8 Å². The topological polar surface area (TPSA) is 66.5 Å². The lowest BCUT2D eigenvalue weighted by molar-refractivity contribution is -0.139. The van der Waals surface area contributed by atoms with Crippen molar-refractivity contribution in [1.29, 1.82) is 0 Å². The van der Waals surface area contributed by atoms with Gasteiger partial charge in [0.2, 0.25) is 0 Å². The Morgan fingerprint density at radius 1 is 1.11 bits per heavy atom. The van der Waals surface area contributed by atoms with E-state index in [2.05, 4.69) is 50.3 Å². The molecule has 3 aromatic rings. The Labute approximate surface area is 224 Å². The molecule has 1 fully saturated rings. The van der Waals surface area contributed by atoms with Gasteiger partial charge in [-0.2, -0.15) is 13.2 Å². The summed E-state index contributed by atoms with van der Waals surface area (Å²) in [7, 11) is 1.97. The maximum atomic E-state index is 13.7. The molecule has 1 saturated heterocycles. The lowest BCUT2D eigenvalue weighted by atomic mass is 10.1. The van der Waals surface area contributed by atoms with Gasteiger partial charge >= 0.3 is 12.2 Å². The van der Waals surface area contributed by atoms with Crippen molar-refractivity contribution >= 4 is 44.1 Å². The molecule has 0 saturated carbocycles. The van der Waals surface area contributed by atoms with Crippen LogP contribution in [0.3, 0.4) is 0 Å². The molecule has 2 amide bonds. The molecule has 10 heteroatoms. The molecule has 1 aliphatic rings. The van der Waals surface area contributed by atoms with Gasteiger partial charge < -0.3 is 20.3 Å². The highest BCUT2D eigenvalue weighted by Gasteiger charge is 2.35. The summed E-state index contributed by atoms with van der Waals surface area (Å²) in [6.07, 6.45) is 0.905. The molecule has 1 aromatic heterocycles. The maximum Gasteiger partial charge on any atom is 0.420 e. The molecule has 4 rings (SSSR count). The highest BCUT2D eigenvalue weighted by atomic mass is 79.9. The number of amides is 2. The first kappa shape index (κ1) is 30.4. The molecule has 0 aliphatic carbocycles. The lowest BCUT2D eigenvalue weighted by Crippen LogP contribution is -2.36. The van der Waals surface area contributed by atoms with E-state index in [0.29, 0.717) is 23.9 Å². The second kappa shape index (κ2) is 13.6. The SMILES string of the molecule is C.CCC.CN1CCC(Oc2ccc(NC(=O)Nc3ccc(Br)c4ccncc34)cc2C(F)(F)F)CC1. The fraction of sp³-hybridized carbons (Fsp3) is 0.407. The Bertz CT molecular complexity index is 1180.